The third-order valence-electron chi connectivity index (χ3n) is 3.41. The molecule has 1 aromatic heterocycles. The molecule has 0 spiro atoms. The van der Waals surface area contributed by atoms with Crippen LogP contribution in [0, 0.1) is 0 Å². The second-order valence-electron chi connectivity index (χ2n) is 4.82. The zero-order chi connectivity index (χ0) is 14.8. The first-order valence-electron chi connectivity index (χ1n) is 6.61. The van der Waals surface area contributed by atoms with E-state index < -0.39 is 5.91 Å². The van der Waals surface area contributed by atoms with Gasteiger partial charge in [-0.1, -0.05) is 36.4 Å². The Morgan fingerprint density at radius 1 is 1.00 bits per heavy atom. The van der Waals surface area contributed by atoms with Gasteiger partial charge in [-0.25, -0.2) is 0 Å². The molecule has 1 heterocycles. The van der Waals surface area contributed by atoms with Crippen molar-refractivity contribution in [1.82, 2.24) is 4.57 Å². The van der Waals surface area contributed by atoms with E-state index in [1.807, 2.05) is 42.5 Å². The van der Waals surface area contributed by atoms with Gasteiger partial charge in [0.15, 0.2) is 0 Å². The van der Waals surface area contributed by atoms with Gasteiger partial charge >= 0.3 is 0 Å². The van der Waals surface area contributed by atoms with Gasteiger partial charge in [-0.05, 0) is 23.6 Å². The first-order chi connectivity index (χ1) is 10.2. The average Bonchev–Trinajstić information content (AvgIpc) is 2.50. The fourth-order valence-corrected chi connectivity index (χ4v) is 2.29. The van der Waals surface area contributed by atoms with E-state index in [0.717, 1.165) is 10.8 Å². The SMILES string of the molecule is Cn1cccc(C(=O)Nc2cccc3ccccc23)c1=O. The van der Waals surface area contributed by atoms with Gasteiger partial charge in [0.1, 0.15) is 5.56 Å². The molecular weight excluding hydrogens is 264 g/mol. The number of aryl methyl sites for hydroxylation is 1. The predicted molar refractivity (Wildman–Crippen MR) is 83.6 cm³/mol. The Hall–Kier alpha value is -2.88. The molecule has 0 radical (unpaired) electrons. The number of pyridine rings is 1. The number of rotatable bonds is 2. The summed E-state index contributed by atoms with van der Waals surface area (Å²) in [6, 6.07) is 16.7. The zero-order valence-corrected chi connectivity index (χ0v) is 11.5. The highest BCUT2D eigenvalue weighted by Gasteiger charge is 2.12. The Kier molecular flexibility index (Phi) is 3.28. The summed E-state index contributed by atoms with van der Waals surface area (Å²) in [5.74, 6) is -0.396. The van der Waals surface area contributed by atoms with Gasteiger partial charge in [0.05, 0.1) is 0 Å². The first-order valence-corrected chi connectivity index (χ1v) is 6.61. The fourth-order valence-electron chi connectivity index (χ4n) is 2.29. The molecule has 1 N–H and O–H groups in total. The van der Waals surface area contributed by atoms with Crippen LogP contribution in [0.4, 0.5) is 5.69 Å². The van der Waals surface area contributed by atoms with Crippen LogP contribution >= 0.6 is 0 Å². The lowest BCUT2D eigenvalue weighted by Gasteiger charge is -2.09. The van der Waals surface area contributed by atoms with Crippen LogP contribution in [0.1, 0.15) is 10.4 Å². The molecule has 4 nitrogen and oxygen atoms in total. The lowest BCUT2D eigenvalue weighted by molar-refractivity contribution is 0.102. The Balaban J connectivity index is 2.01. The number of anilines is 1. The number of fused-ring (bicyclic) bond motifs is 1. The van der Waals surface area contributed by atoms with Crippen LogP contribution in [-0.4, -0.2) is 10.5 Å². The Bertz CT molecular complexity index is 876. The summed E-state index contributed by atoms with van der Waals surface area (Å²) in [6.07, 6.45) is 1.62. The molecule has 2 aromatic carbocycles. The monoisotopic (exact) mass is 278 g/mol. The molecule has 4 heteroatoms. The van der Waals surface area contributed by atoms with Crippen molar-refractivity contribution in [2.45, 2.75) is 0 Å². The smallest absolute Gasteiger partial charge is 0.263 e. The molecular formula is C17H14N2O2. The van der Waals surface area contributed by atoms with Crippen LogP contribution in [0.5, 0.6) is 0 Å². The third-order valence-corrected chi connectivity index (χ3v) is 3.41. The fraction of sp³-hybridized carbons (Fsp3) is 0.0588. The summed E-state index contributed by atoms with van der Waals surface area (Å²) in [5, 5.41) is 4.80. The van der Waals surface area contributed by atoms with Gasteiger partial charge in [0.2, 0.25) is 0 Å². The van der Waals surface area contributed by atoms with Crippen molar-refractivity contribution in [2.75, 3.05) is 5.32 Å². The summed E-state index contributed by atoms with van der Waals surface area (Å²) in [5.41, 5.74) is 0.521. The highest BCUT2D eigenvalue weighted by molar-refractivity contribution is 6.08. The van der Waals surface area contributed by atoms with Crippen LogP contribution in [0.15, 0.2) is 65.6 Å². The van der Waals surface area contributed by atoms with E-state index in [1.54, 1.807) is 19.3 Å². The molecule has 0 aliphatic rings. The van der Waals surface area contributed by atoms with Crippen molar-refractivity contribution in [2.24, 2.45) is 7.05 Å². The highest BCUT2D eigenvalue weighted by Crippen LogP contribution is 2.23. The number of nitrogens with one attached hydrogen (secondary N) is 1. The summed E-state index contributed by atoms with van der Waals surface area (Å²) < 4.78 is 1.39. The maximum absolute atomic E-state index is 12.3. The molecule has 0 atom stereocenters. The van der Waals surface area contributed by atoms with E-state index in [9.17, 15) is 9.59 Å². The molecule has 1 amide bonds. The minimum atomic E-state index is -0.396. The minimum absolute atomic E-state index is 0.132. The second kappa shape index (κ2) is 5.25. The number of amides is 1. The van der Waals surface area contributed by atoms with Crippen molar-refractivity contribution < 1.29 is 4.79 Å². The molecule has 104 valence electrons. The van der Waals surface area contributed by atoms with Crippen molar-refractivity contribution in [3.63, 3.8) is 0 Å². The van der Waals surface area contributed by atoms with E-state index in [-0.39, 0.29) is 11.1 Å². The maximum Gasteiger partial charge on any atom is 0.263 e. The lowest BCUT2D eigenvalue weighted by atomic mass is 10.1. The normalized spacial score (nSPS) is 10.5. The molecule has 0 aliphatic heterocycles. The quantitative estimate of drug-likeness (QED) is 0.783. The van der Waals surface area contributed by atoms with Crippen molar-refractivity contribution in [3.05, 3.63) is 76.7 Å². The molecule has 3 rings (SSSR count). The van der Waals surface area contributed by atoms with Gasteiger partial charge in [0, 0.05) is 24.3 Å². The molecule has 0 aliphatic carbocycles. The number of carbonyl (C=O) groups excluding carboxylic acids is 1. The standard InChI is InChI=1S/C17H14N2O2/c1-19-11-5-9-14(17(19)21)16(20)18-15-10-4-7-12-6-2-3-8-13(12)15/h2-11H,1H3,(H,18,20). The Morgan fingerprint density at radius 2 is 1.76 bits per heavy atom. The Labute approximate surface area is 121 Å². The van der Waals surface area contributed by atoms with Gasteiger partial charge in [-0.3, -0.25) is 9.59 Å². The Morgan fingerprint density at radius 3 is 2.62 bits per heavy atom. The van der Waals surface area contributed by atoms with E-state index in [4.69, 9.17) is 0 Å². The number of nitrogens with zero attached hydrogens (tertiary/aromatic N) is 1. The molecule has 3 aromatic rings. The van der Waals surface area contributed by atoms with E-state index >= 15 is 0 Å². The number of carbonyl (C=O) groups is 1. The van der Waals surface area contributed by atoms with Gasteiger partial charge < -0.3 is 9.88 Å². The van der Waals surface area contributed by atoms with Crippen LogP contribution in [-0.2, 0) is 7.05 Å². The van der Waals surface area contributed by atoms with Crippen LogP contribution < -0.4 is 10.9 Å². The summed E-state index contributed by atoms with van der Waals surface area (Å²) in [4.78, 5) is 24.3. The third kappa shape index (κ3) is 2.43. The van der Waals surface area contributed by atoms with E-state index in [0.29, 0.717) is 5.69 Å². The van der Waals surface area contributed by atoms with E-state index in [1.165, 1.54) is 10.6 Å². The zero-order valence-electron chi connectivity index (χ0n) is 11.5. The summed E-state index contributed by atoms with van der Waals surface area (Å²) in [7, 11) is 1.62. The molecule has 0 bridgehead atoms. The second-order valence-corrected chi connectivity index (χ2v) is 4.82. The summed E-state index contributed by atoms with van der Waals surface area (Å²) >= 11 is 0. The molecule has 21 heavy (non-hydrogen) atoms. The average molecular weight is 278 g/mol. The van der Waals surface area contributed by atoms with Crippen LogP contribution in [0.2, 0.25) is 0 Å². The van der Waals surface area contributed by atoms with Gasteiger partial charge in [-0.15, -0.1) is 0 Å². The molecule has 0 saturated heterocycles. The van der Waals surface area contributed by atoms with E-state index in [2.05, 4.69) is 5.32 Å². The number of hydrogen-bond acceptors (Lipinski definition) is 2. The largest absolute Gasteiger partial charge is 0.321 e. The first kappa shape index (κ1) is 13.1. The van der Waals surface area contributed by atoms with Crippen molar-refractivity contribution in [1.29, 1.82) is 0 Å². The highest BCUT2D eigenvalue weighted by atomic mass is 16.2. The molecule has 0 fully saturated rings. The topological polar surface area (TPSA) is 51.1 Å². The molecule has 0 unspecified atom stereocenters. The van der Waals surface area contributed by atoms with Gasteiger partial charge in [0.25, 0.3) is 11.5 Å². The minimum Gasteiger partial charge on any atom is -0.321 e. The van der Waals surface area contributed by atoms with Crippen molar-refractivity contribution in [3.8, 4) is 0 Å². The summed E-state index contributed by atoms with van der Waals surface area (Å²) in [6.45, 7) is 0. The van der Waals surface area contributed by atoms with Gasteiger partial charge in [-0.2, -0.15) is 0 Å². The number of hydrogen-bond donors (Lipinski definition) is 1. The number of benzene rings is 2. The van der Waals surface area contributed by atoms with Crippen LogP contribution in [0.3, 0.4) is 0 Å². The lowest BCUT2D eigenvalue weighted by Crippen LogP contribution is -2.27. The number of aromatic nitrogens is 1. The predicted octanol–water partition coefficient (Wildman–Crippen LogP) is 2.79. The van der Waals surface area contributed by atoms with Crippen molar-refractivity contribution >= 4 is 22.4 Å². The van der Waals surface area contributed by atoms with Crippen LogP contribution in [0.25, 0.3) is 10.8 Å². The molecule has 0 saturated carbocycles. The maximum atomic E-state index is 12.3.